The van der Waals surface area contributed by atoms with Gasteiger partial charge in [0.25, 0.3) is 0 Å². The Morgan fingerprint density at radius 3 is 2.53 bits per heavy atom. The third-order valence-electron chi connectivity index (χ3n) is 2.22. The number of azo groups is 1. The number of diazo groups is 2. The second-order valence-corrected chi connectivity index (χ2v) is 3.23. The van der Waals surface area contributed by atoms with Crippen LogP contribution in [0.2, 0.25) is 0 Å². The molecular formula is C10H6N6O+2. The van der Waals surface area contributed by atoms with Gasteiger partial charge < -0.3 is 0 Å². The van der Waals surface area contributed by atoms with Crippen LogP contribution < -0.4 is 0 Å². The van der Waals surface area contributed by atoms with Crippen LogP contribution in [0.4, 0.5) is 0 Å². The number of hydrogen-bond donors (Lipinski definition) is 0. The molecule has 7 heteroatoms. The number of benzene rings is 1. The van der Waals surface area contributed by atoms with Crippen molar-refractivity contribution < 1.29 is 4.79 Å². The number of allylic oxidation sites excluding steroid dienone is 1. The predicted molar refractivity (Wildman–Crippen MR) is 56.6 cm³/mol. The van der Waals surface area contributed by atoms with E-state index in [0.717, 1.165) is 0 Å². The molecule has 1 heterocycles. The molecule has 1 unspecified atom stereocenters. The second-order valence-electron chi connectivity index (χ2n) is 3.23. The summed E-state index contributed by atoms with van der Waals surface area (Å²) in [6.45, 7) is 0. The van der Waals surface area contributed by atoms with E-state index in [1.807, 2.05) is 0 Å². The molecule has 80 valence electrons. The molecule has 0 N–H and O–H groups in total. The van der Waals surface area contributed by atoms with Gasteiger partial charge >= 0.3 is 11.9 Å². The Morgan fingerprint density at radius 2 is 1.94 bits per heavy atom. The van der Waals surface area contributed by atoms with Gasteiger partial charge in [-0.1, -0.05) is 35.4 Å². The fourth-order valence-electron chi connectivity index (χ4n) is 1.41. The average molecular weight is 226 g/mol. The summed E-state index contributed by atoms with van der Waals surface area (Å²) in [6.07, 6.45) is -1.14. The zero-order valence-electron chi connectivity index (χ0n) is 8.56. The van der Waals surface area contributed by atoms with Crippen molar-refractivity contribution in [3.8, 4) is 0 Å². The smallest absolute Gasteiger partial charge is 0.286 e. The van der Waals surface area contributed by atoms with Crippen molar-refractivity contribution >= 4 is 5.78 Å². The average Bonchev–Trinajstić information content (AvgIpc) is 2.81. The Morgan fingerprint density at radius 1 is 1.24 bits per heavy atom. The zero-order valence-corrected chi connectivity index (χ0v) is 8.56. The molecule has 0 aliphatic carbocycles. The van der Waals surface area contributed by atoms with Crippen molar-refractivity contribution in [1.82, 2.24) is 0 Å². The summed E-state index contributed by atoms with van der Waals surface area (Å²) in [4.78, 5) is 17.7. The van der Waals surface area contributed by atoms with Gasteiger partial charge in [-0.05, 0) is 0 Å². The Balaban J connectivity index is 2.44. The Kier molecular flexibility index (Phi) is 2.67. The minimum atomic E-state index is -1.14. The van der Waals surface area contributed by atoms with Gasteiger partial charge in [0.1, 0.15) is 0 Å². The monoisotopic (exact) mass is 226 g/mol. The summed E-state index contributed by atoms with van der Waals surface area (Å²) in [6, 6.07) is 8.37. The first-order chi connectivity index (χ1) is 8.27. The van der Waals surface area contributed by atoms with Crippen LogP contribution in [0.25, 0.3) is 9.95 Å². The molecule has 0 fully saturated rings. The van der Waals surface area contributed by atoms with Crippen LogP contribution in [0.1, 0.15) is 10.4 Å². The van der Waals surface area contributed by atoms with E-state index in [-0.39, 0.29) is 11.4 Å². The topological polar surface area (TPSA) is 98.1 Å². The van der Waals surface area contributed by atoms with Crippen molar-refractivity contribution in [2.75, 3.05) is 0 Å². The molecule has 0 spiro atoms. The number of ketones is 1. The summed E-state index contributed by atoms with van der Waals surface area (Å²) < 4.78 is 0. The van der Waals surface area contributed by atoms with Crippen LogP contribution >= 0.6 is 0 Å². The number of Topliss-reactive ketones (excluding diaryl/α,β-unsaturated/α-hetero) is 1. The van der Waals surface area contributed by atoms with Crippen molar-refractivity contribution in [2.24, 2.45) is 10.2 Å². The number of hydrogen-bond acceptors (Lipinski definition) is 5. The van der Waals surface area contributed by atoms with E-state index in [9.17, 15) is 4.79 Å². The molecule has 0 saturated heterocycles. The molecule has 1 aromatic carbocycles. The third-order valence-corrected chi connectivity index (χ3v) is 2.22. The quantitative estimate of drug-likeness (QED) is 0.572. The van der Waals surface area contributed by atoms with Crippen molar-refractivity contribution in [2.45, 2.75) is 6.17 Å². The molecule has 0 aromatic heterocycles. The van der Waals surface area contributed by atoms with Gasteiger partial charge in [0.15, 0.2) is 9.95 Å². The SMILES string of the molecule is N#[N+]C1=C(C(=O)c2ccccc2)N=NC1[N+]#N. The van der Waals surface area contributed by atoms with E-state index >= 15 is 0 Å². The zero-order chi connectivity index (χ0) is 12.3. The van der Waals surface area contributed by atoms with E-state index in [1.165, 1.54) is 0 Å². The van der Waals surface area contributed by atoms with Gasteiger partial charge in [-0.25, -0.2) is 0 Å². The first-order valence-electron chi connectivity index (χ1n) is 4.72. The molecule has 1 atom stereocenters. The first-order valence-corrected chi connectivity index (χ1v) is 4.72. The Hall–Kier alpha value is -2.93. The Labute approximate surface area is 95.7 Å². The second kappa shape index (κ2) is 4.29. The lowest BCUT2D eigenvalue weighted by molar-refractivity contribution is 0.103. The van der Waals surface area contributed by atoms with Crippen molar-refractivity contribution in [3.63, 3.8) is 0 Å². The molecule has 2 rings (SSSR count). The van der Waals surface area contributed by atoms with Crippen molar-refractivity contribution in [1.29, 1.82) is 10.8 Å². The van der Waals surface area contributed by atoms with Gasteiger partial charge in [0.2, 0.25) is 22.3 Å². The van der Waals surface area contributed by atoms with Gasteiger partial charge in [0.05, 0.1) is 0 Å². The maximum atomic E-state index is 12.0. The Bertz CT molecular complexity index is 604. The maximum Gasteiger partial charge on any atom is 0.530 e. The van der Waals surface area contributed by atoms with Crippen molar-refractivity contribution in [3.05, 3.63) is 57.2 Å². The lowest BCUT2D eigenvalue weighted by Gasteiger charge is -1.94. The summed E-state index contributed by atoms with van der Waals surface area (Å²) in [7, 11) is 0. The summed E-state index contributed by atoms with van der Waals surface area (Å²) in [5.74, 6) is -0.437. The maximum absolute atomic E-state index is 12.0. The molecule has 0 bridgehead atoms. The largest absolute Gasteiger partial charge is 0.530 e. The van der Waals surface area contributed by atoms with Crippen LogP contribution in [0.3, 0.4) is 0 Å². The predicted octanol–water partition coefficient (Wildman–Crippen LogP) is 2.58. The molecular weight excluding hydrogens is 220 g/mol. The van der Waals surface area contributed by atoms with Gasteiger partial charge in [-0.2, -0.15) is 0 Å². The highest BCUT2D eigenvalue weighted by molar-refractivity contribution is 6.09. The number of nitrogens with zero attached hydrogens (tertiary/aromatic N) is 6. The van der Waals surface area contributed by atoms with Gasteiger partial charge in [-0.3, -0.25) is 4.79 Å². The van der Waals surface area contributed by atoms with Crippen LogP contribution in [0.5, 0.6) is 0 Å². The summed E-state index contributed by atoms with van der Waals surface area (Å²) in [5.41, 5.74) is 0.101. The molecule has 7 nitrogen and oxygen atoms in total. The van der Waals surface area contributed by atoms with Crippen LogP contribution in [-0.4, -0.2) is 11.9 Å². The summed E-state index contributed by atoms with van der Waals surface area (Å²) in [5, 5.41) is 24.4. The van der Waals surface area contributed by atoms with E-state index in [2.05, 4.69) is 20.2 Å². The van der Waals surface area contributed by atoms with Gasteiger partial charge in [0, 0.05) is 5.56 Å². The van der Waals surface area contributed by atoms with E-state index in [1.54, 1.807) is 30.3 Å². The molecule has 1 aliphatic rings. The number of carbonyl (C=O) groups is 1. The van der Waals surface area contributed by atoms with E-state index in [4.69, 9.17) is 10.8 Å². The van der Waals surface area contributed by atoms with Crippen LogP contribution in [0, 0.1) is 10.8 Å². The molecule has 0 saturated carbocycles. The molecule has 0 radical (unpaired) electrons. The molecule has 1 aromatic rings. The van der Waals surface area contributed by atoms with E-state index < -0.39 is 11.9 Å². The first kappa shape index (κ1) is 10.6. The highest BCUT2D eigenvalue weighted by Crippen LogP contribution is 2.26. The fraction of sp³-hybridized carbons (Fsp3) is 0.100. The molecule has 0 amide bonds. The summed E-state index contributed by atoms with van der Waals surface area (Å²) >= 11 is 0. The lowest BCUT2D eigenvalue weighted by atomic mass is 10.1. The molecule has 1 aliphatic heterocycles. The fourth-order valence-corrected chi connectivity index (χ4v) is 1.41. The lowest BCUT2D eigenvalue weighted by Crippen LogP contribution is -2.04. The van der Waals surface area contributed by atoms with E-state index in [0.29, 0.717) is 5.56 Å². The molecule has 17 heavy (non-hydrogen) atoms. The number of carbonyl (C=O) groups excluding carboxylic acids is 1. The minimum Gasteiger partial charge on any atom is -0.286 e. The minimum absolute atomic E-state index is 0.124. The third kappa shape index (κ3) is 1.77. The highest BCUT2D eigenvalue weighted by Gasteiger charge is 2.49. The van der Waals surface area contributed by atoms with Crippen LogP contribution in [0.15, 0.2) is 52.0 Å². The normalized spacial score (nSPS) is 17.6. The highest BCUT2D eigenvalue weighted by atomic mass is 16.1. The standard InChI is InChI=1S/C10H6N6O/c11-13-8-7(15-16-10(8)14-12)9(17)6-4-2-1-3-5-6/h1-5,10H/q+2. The number of rotatable bonds is 2. The van der Waals surface area contributed by atoms with Gasteiger partial charge in [-0.15, -0.1) is 5.11 Å². The van der Waals surface area contributed by atoms with Crippen LogP contribution in [-0.2, 0) is 0 Å².